The highest BCUT2D eigenvalue weighted by Gasteiger charge is 2.47. The van der Waals surface area contributed by atoms with Crippen LogP contribution in [-0.2, 0) is 22.1 Å². The summed E-state index contributed by atoms with van der Waals surface area (Å²) in [5.74, 6) is -1.93. The number of piperidine rings is 1. The maximum absolute atomic E-state index is 14.3. The highest BCUT2D eigenvalue weighted by molar-refractivity contribution is 9.10. The van der Waals surface area contributed by atoms with Crippen molar-refractivity contribution in [1.29, 1.82) is 0 Å². The molecule has 2 aromatic rings. The third-order valence-corrected chi connectivity index (χ3v) is 6.22. The fourth-order valence-corrected chi connectivity index (χ4v) is 4.59. The number of carbonyl (C=O) groups is 2. The summed E-state index contributed by atoms with van der Waals surface area (Å²) in [6, 6.07) is 6.67. The lowest BCUT2D eigenvalue weighted by Gasteiger charge is -2.44. The van der Waals surface area contributed by atoms with E-state index in [0.717, 1.165) is 12.1 Å². The van der Waals surface area contributed by atoms with Crippen molar-refractivity contribution in [2.45, 2.75) is 38.4 Å². The van der Waals surface area contributed by atoms with Crippen molar-refractivity contribution in [3.63, 3.8) is 0 Å². The SMILES string of the molecule is COC(=O)[C@]1(Cc2nc(Br)ccc2F)CCN(C(=O)c2ccccc2C(F)(F)F)[C@H](C)C1.Cl. The van der Waals surface area contributed by atoms with Crippen LogP contribution in [0.3, 0.4) is 0 Å². The summed E-state index contributed by atoms with van der Waals surface area (Å²) < 4.78 is 59.9. The van der Waals surface area contributed by atoms with Gasteiger partial charge in [-0.3, -0.25) is 9.59 Å². The molecular weight excluding hydrogens is 532 g/mol. The second kappa shape index (κ2) is 10.4. The van der Waals surface area contributed by atoms with Crippen LogP contribution in [0.1, 0.15) is 41.4 Å². The third-order valence-electron chi connectivity index (χ3n) is 5.78. The van der Waals surface area contributed by atoms with Crippen LogP contribution < -0.4 is 0 Å². The molecule has 0 N–H and O–H groups in total. The lowest BCUT2D eigenvalue weighted by molar-refractivity contribution is -0.156. The summed E-state index contributed by atoms with van der Waals surface area (Å²) in [7, 11) is 1.22. The topological polar surface area (TPSA) is 59.5 Å². The second-order valence-electron chi connectivity index (χ2n) is 7.86. The third kappa shape index (κ3) is 5.66. The van der Waals surface area contributed by atoms with E-state index >= 15 is 0 Å². The molecule has 1 aliphatic heterocycles. The van der Waals surface area contributed by atoms with Gasteiger partial charge in [-0.25, -0.2) is 9.37 Å². The Kier molecular flexibility index (Phi) is 8.51. The molecule has 0 bridgehead atoms. The van der Waals surface area contributed by atoms with Crippen LogP contribution in [0.5, 0.6) is 0 Å². The Balaban J connectivity index is 0.00000385. The minimum atomic E-state index is -4.68. The Bertz CT molecular complexity index is 1040. The van der Waals surface area contributed by atoms with Crippen LogP contribution >= 0.6 is 28.3 Å². The maximum Gasteiger partial charge on any atom is 0.417 e. The van der Waals surface area contributed by atoms with Crippen molar-refractivity contribution in [2.75, 3.05) is 13.7 Å². The first-order chi connectivity index (χ1) is 15.0. The first kappa shape index (κ1) is 27.0. The number of esters is 1. The molecule has 0 radical (unpaired) electrons. The Morgan fingerprint density at radius 1 is 1.24 bits per heavy atom. The second-order valence-corrected chi connectivity index (χ2v) is 8.67. The number of methoxy groups -OCH3 is 1. The van der Waals surface area contributed by atoms with Crippen molar-refractivity contribution in [3.05, 3.63) is 63.6 Å². The van der Waals surface area contributed by atoms with Gasteiger partial charge < -0.3 is 9.64 Å². The molecule has 180 valence electrons. The smallest absolute Gasteiger partial charge is 0.417 e. The molecule has 11 heteroatoms. The van der Waals surface area contributed by atoms with Gasteiger partial charge >= 0.3 is 12.1 Å². The molecule has 1 aromatic carbocycles. The lowest BCUT2D eigenvalue weighted by atomic mass is 9.72. The fourth-order valence-electron chi connectivity index (χ4n) is 4.24. The molecule has 2 heterocycles. The number of benzene rings is 1. The van der Waals surface area contributed by atoms with Crippen molar-refractivity contribution in [3.8, 4) is 0 Å². The van der Waals surface area contributed by atoms with E-state index < -0.39 is 46.5 Å². The Hall–Kier alpha value is -2.20. The number of likely N-dealkylation sites (tertiary alicyclic amines) is 1. The number of ether oxygens (including phenoxy) is 1. The molecule has 1 aliphatic rings. The zero-order chi connectivity index (χ0) is 23.7. The van der Waals surface area contributed by atoms with Crippen LogP contribution in [0.15, 0.2) is 41.0 Å². The summed E-state index contributed by atoms with van der Waals surface area (Å²) in [5, 5.41) is 0. The highest BCUT2D eigenvalue weighted by atomic mass is 79.9. The van der Waals surface area contributed by atoms with Gasteiger partial charge in [0.05, 0.1) is 29.3 Å². The van der Waals surface area contributed by atoms with Crippen LogP contribution in [0.4, 0.5) is 17.6 Å². The number of hydrogen-bond acceptors (Lipinski definition) is 4. The van der Waals surface area contributed by atoms with E-state index in [4.69, 9.17) is 4.74 Å². The van der Waals surface area contributed by atoms with Crippen molar-refractivity contribution >= 4 is 40.2 Å². The van der Waals surface area contributed by atoms with Crippen LogP contribution in [0.25, 0.3) is 0 Å². The van der Waals surface area contributed by atoms with E-state index in [2.05, 4.69) is 20.9 Å². The Morgan fingerprint density at radius 2 is 1.91 bits per heavy atom. The number of halogens is 6. The van der Waals surface area contributed by atoms with E-state index in [1.165, 1.54) is 36.3 Å². The molecule has 33 heavy (non-hydrogen) atoms. The largest absolute Gasteiger partial charge is 0.469 e. The van der Waals surface area contributed by atoms with Crippen molar-refractivity contribution in [1.82, 2.24) is 9.88 Å². The number of aromatic nitrogens is 1. The number of alkyl halides is 3. The predicted octanol–water partition coefficient (Wildman–Crippen LogP) is 5.45. The van der Waals surface area contributed by atoms with Crippen LogP contribution in [-0.4, -0.2) is 41.5 Å². The number of pyridine rings is 1. The summed E-state index contributed by atoms with van der Waals surface area (Å²) in [4.78, 5) is 31.2. The normalized spacial score (nSPS) is 20.7. The molecule has 1 aromatic heterocycles. The summed E-state index contributed by atoms with van der Waals surface area (Å²) >= 11 is 3.18. The fraction of sp³-hybridized carbons (Fsp3) is 0.409. The van der Waals surface area contributed by atoms with Crippen LogP contribution in [0.2, 0.25) is 0 Å². The van der Waals surface area contributed by atoms with Gasteiger partial charge in [0.1, 0.15) is 10.4 Å². The van der Waals surface area contributed by atoms with E-state index in [1.54, 1.807) is 6.92 Å². The minimum absolute atomic E-state index is 0. The maximum atomic E-state index is 14.3. The van der Waals surface area contributed by atoms with Gasteiger partial charge in [-0.05, 0) is 60.0 Å². The molecule has 1 fully saturated rings. The molecule has 3 rings (SSSR count). The summed E-state index contributed by atoms with van der Waals surface area (Å²) in [6.07, 6.45) is -4.55. The zero-order valence-electron chi connectivity index (χ0n) is 17.8. The zero-order valence-corrected chi connectivity index (χ0v) is 20.2. The predicted molar refractivity (Wildman–Crippen MR) is 118 cm³/mol. The average Bonchev–Trinajstić information content (AvgIpc) is 2.74. The van der Waals surface area contributed by atoms with Gasteiger partial charge in [0.15, 0.2) is 0 Å². The Morgan fingerprint density at radius 3 is 2.52 bits per heavy atom. The quantitative estimate of drug-likeness (QED) is 0.287. The highest BCUT2D eigenvalue weighted by Crippen LogP contribution is 2.41. The molecule has 0 aliphatic carbocycles. The molecular formula is C22H22BrClF4N2O3. The molecule has 2 atom stereocenters. The summed E-state index contributed by atoms with van der Waals surface area (Å²) in [5.41, 5.74) is -2.55. The standard InChI is InChI=1S/C22H21BrF4N2O3.ClH/c1-13-11-21(20(31)32-2,12-17-16(24)7-8-18(23)28-17)9-10-29(13)19(30)14-5-3-4-6-15(14)22(25,26)27;/h3-8,13H,9-12H2,1-2H3;1H/t13-,21-;/m1./s1. The number of rotatable bonds is 4. The van der Waals surface area contributed by atoms with Crippen molar-refractivity contribution in [2.24, 2.45) is 5.41 Å². The first-order valence-corrected chi connectivity index (χ1v) is 10.6. The van der Waals surface area contributed by atoms with Gasteiger partial charge in [0.25, 0.3) is 5.91 Å². The van der Waals surface area contributed by atoms with E-state index in [0.29, 0.717) is 4.60 Å². The van der Waals surface area contributed by atoms with E-state index in [1.807, 2.05) is 0 Å². The molecule has 0 spiro atoms. The first-order valence-electron chi connectivity index (χ1n) is 9.85. The van der Waals surface area contributed by atoms with Gasteiger partial charge in [0.2, 0.25) is 0 Å². The lowest BCUT2D eigenvalue weighted by Crippen LogP contribution is -2.52. The van der Waals surface area contributed by atoms with Gasteiger partial charge in [-0.2, -0.15) is 13.2 Å². The van der Waals surface area contributed by atoms with E-state index in [9.17, 15) is 27.2 Å². The van der Waals surface area contributed by atoms with Gasteiger partial charge in [0, 0.05) is 19.0 Å². The molecule has 1 saturated heterocycles. The van der Waals surface area contributed by atoms with E-state index in [-0.39, 0.29) is 43.9 Å². The molecule has 0 saturated carbocycles. The molecule has 1 amide bonds. The monoisotopic (exact) mass is 552 g/mol. The number of hydrogen-bond donors (Lipinski definition) is 0. The van der Waals surface area contributed by atoms with Gasteiger partial charge in [-0.1, -0.05) is 12.1 Å². The molecule has 0 unspecified atom stereocenters. The summed E-state index contributed by atoms with van der Waals surface area (Å²) in [6.45, 7) is 1.66. The number of nitrogens with zero attached hydrogens (tertiary/aromatic N) is 2. The van der Waals surface area contributed by atoms with Crippen molar-refractivity contribution < 1.29 is 31.9 Å². The van der Waals surface area contributed by atoms with Crippen LogP contribution in [0, 0.1) is 11.2 Å². The number of carbonyl (C=O) groups excluding carboxylic acids is 2. The number of amides is 1. The minimum Gasteiger partial charge on any atom is -0.469 e. The average molecular weight is 554 g/mol. The molecule has 5 nitrogen and oxygen atoms in total. The van der Waals surface area contributed by atoms with Gasteiger partial charge in [-0.15, -0.1) is 12.4 Å². The Labute approximate surface area is 203 Å².